The average Bonchev–Trinajstić information content (AvgIpc) is 2.74. The van der Waals surface area contributed by atoms with Gasteiger partial charge in [0.05, 0.1) is 5.71 Å². The lowest BCUT2D eigenvalue weighted by Crippen LogP contribution is -2.63. The quantitative estimate of drug-likeness (QED) is 0.304. The smallest absolute Gasteiger partial charge is 0.0878 e. The second-order valence-electron chi connectivity index (χ2n) is 9.29. The third-order valence-electron chi connectivity index (χ3n) is 6.84. The number of aryl methyl sites for hydroxylation is 2. The molecule has 2 aliphatic rings. The molecule has 1 spiro atoms. The number of oxime groups is 1. The molecular formula is C27H29N3OS. The monoisotopic (exact) mass is 443 g/mol. The first-order chi connectivity index (χ1) is 15.6. The van der Waals surface area contributed by atoms with Gasteiger partial charge in [-0.15, -0.1) is 0 Å². The molecule has 2 fully saturated rings. The van der Waals surface area contributed by atoms with E-state index >= 15 is 0 Å². The highest BCUT2D eigenvalue weighted by molar-refractivity contribution is 8.00. The van der Waals surface area contributed by atoms with Gasteiger partial charge in [0, 0.05) is 65.5 Å². The highest BCUT2D eigenvalue weighted by Crippen LogP contribution is 2.47. The van der Waals surface area contributed by atoms with Crippen molar-refractivity contribution < 1.29 is 5.21 Å². The van der Waals surface area contributed by atoms with E-state index in [9.17, 15) is 5.21 Å². The lowest BCUT2D eigenvalue weighted by Gasteiger charge is -2.56. The molecule has 0 amide bonds. The van der Waals surface area contributed by atoms with E-state index in [2.05, 4.69) is 82.3 Å². The Morgan fingerprint density at radius 3 is 2.47 bits per heavy atom. The van der Waals surface area contributed by atoms with Crippen LogP contribution in [0.3, 0.4) is 0 Å². The van der Waals surface area contributed by atoms with Crippen molar-refractivity contribution in [2.45, 2.75) is 26.2 Å². The number of hydrogen-bond donors (Lipinski definition) is 1. The first-order valence-corrected chi connectivity index (χ1v) is 12.3. The molecule has 0 saturated carbocycles. The molecule has 5 rings (SSSR count). The number of hydrogen-bond acceptors (Lipinski definition) is 5. The number of aromatic nitrogens is 1. The van der Waals surface area contributed by atoms with Crippen LogP contribution >= 0.6 is 11.8 Å². The molecule has 0 radical (unpaired) electrons. The van der Waals surface area contributed by atoms with E-state index in [1.54, 1.807) is 6.20 Å². The number of benzene rings is 2. The maximum atomic E-state index is 9.88. The van der Waals surface area contributed by atoms with Gasteiger partial charge in [-0.1, -0.05) is 41.6 Å². The molecule has 0 unspecified atom stereocenters. The summed E-state index contributed by atoms with van der Waals surface area (Å²) in [6, 6.07) is 21.4. The van der Waals surface area contributed by atoms with Crippen LogP contribution in [0.2, 0.25) is 0 Å². The summed E-state index contributed by atoms with van der Waals surface area (Å²) in [5.41, 5.74) is 8.16. The zero-order chi connectivity index (χ0) is 22.1. The maximum absolute atomic E-state index is 9.88. The van der Waals surface area contributed by atoms with Crippen LogP contribution in [0, 0.1) is 19.3 Å². The van der Waals surface area contributed by atoms with Crippen molar-refractivity contribution >= 4 is 23.2 Å². The van der Waals surface area contributed by atoms with Crippen LogP contribution in [0.5, 0.6) is 0 Å². The number of pyridine rings is 1. The zero-order valence-corrected chi connectivity index (χ0v) is 19.5. The van der Waals surface area contributed by atoms with Gasteiger partial charge in [0.15, 0.2) is 0 Å². The summed E-state index contributed by atoms with van der Waals surface area (Å²) in [6.45, 7) is 6.48. The van der Waals surface area contributed by atoms with Crippen LogP contribution in [-0.2, 0) is 0 Å². The molecule has 164 valence electrons. The Labute approximate surface area is 194 Å². The van der Waals surface area contributed by atoms with Gasteiger partial charge < -0.3 is 10.1 Å². The fourth-order valence-electron chi connectivity index (χ4n) is 4.96. The molecule has 0 bridgehead atoms. The largest absolute Gasteiger partial charge is 0.411 e. The third kappa shape index (κ3) is 4.02. The van der Waals surface area contributed by atoms with Gasteiger partial charge in [-0.25, -0.2) is 0 Å². The summed E-state index contributed by atoms with van der Waals surface area (Å²) in [5.74, 6) is 2.74. The molecule has 0 aliphatic carbocycles. The Morgan fingerprint density at radius 1 is 1.09 bits per heavy atom. The normalized spacial score (nSPS) is 18.2. The van der Waals surface area contributed by atoms with Gasteiger partial charge in [-0.2, -0.15) is 11.8 Å². The van der Waals surface area contributed by atoms with Gasteiger partial charge in [-0.05, 0) is 54.8 Å². The van der Waals surface area contributed by atoms with Gasteiger partial charge in [0.25, 0.3) is 0 Å². The second-order valence-corrected chi connectivity index (χ2v) is 10.3. The van der Waals surface area contributed by atoms with Crippen LogP contribution in [-0.4, -0.2) is 40.5 Å². The molecule has 3 aromatic rings. The van der Waals surface area contributed by atoms with E-state index in [4.69, 9.17) is 0 Å². The predicted octanol–water partition coefficient (Wildman–Crippen LogP) is 5.65. The molecule has 3 heterocycles. The average molecular weight is 444 g/mol. The summed E-state index contributed by atoms with van der Waals surface area (Å²) in [6.07, 6.45) is 2.39. The number of nitrogens with zero attached hydrogens (tertiary/aromatic N) is 3. The molecule has 1 atom stereocenters. The fraction of sp³-hybridized carbons (Fsp3) is 0.333. The molecule has 2 saturated heterocycles. The van der Waals surface area contributed by atoms with E-state index in [0.717, 1.165) is 11.3 Å². The number of rotatable bonds is 6. The van der Waals surface area contributed by atoms with Crippen molar-refractivity contribution in [1.29, 1.82) is 0 Å². The van der Waals surface area contributed by atoms with E-state index in [1.165, 1.54) is 47.0 Å². The van der Waals surface area contributed by atoms with Crippen molar-refractivity contribution in [2.24, 2.45) is 10.6 Å². The van der Waals surface area contributed by atoms with Crippen LogP contribution in [0.4, 0.5) is 5.69 Å². The number of thioether (sulfide) groups is 1. The molecular weight excluding hydrogens is 414 g/mol. The standard InChI is InChI=1S/C27H29N3OS/c1-19-5-3-4-6-24(19)25(14-26(29-31)22-11-12-28-20(2)13-22)21-7-9-23(10-8-21)30-15-27(16-30)17-32-18-27/h3-13,25,31H,14-18H2,1-2H3/b29-26-/t25-/m1/s1. The number of anilines is 1. The molecule has 32 heavy (non-hydrogen) atoms. The Bertz CT molecular complexity index is 1130. The molecule has 4 nitrogen and oxygen atoms in total. The minimum Gasteiger partial charge on any atom is -0.411 e. The topological polar surface area (TPSA) is 48.7 Å². The molecule has 2 aromatic carbocycles. The van der Waals surface area contributed by atoms with Gasteiger partial charge in [0.2, 0.25) is 0 Å². The van der Waals surface area contributed by atoms with E-state index in [1.807, 2.05) is 19.1 Å². The Kier molecular flexibility index (Phi) is 5.68. The van der Waals surface area contributed by atoms with Crippen molar-refractivity contribution in [3.63, 3.8) is 0 Å². The van der Waals surface area contributed by atoms with Crippen LogP contribution in [0.1, 0.15) is 40.3 Å². The Morgan fingerprint density at radius 2 is 1.84 bits per heavy atom. The van der Waals surface area contributed by atoms with Crippen molar-refractivity contribution in [1.82, 2.24) is 4.98 Å². The van der Waals surface area contributed by atoms with Crippen molar-refractivity contribution in [3.8, 4) is 0 Å². The lowest BCUT2D eigenvalue weighted by atomic mass is 9.81. The van der Waals surface area contributed by atoms with Gasteiger partial charge >= 0.3 is 0 Å². The molecule has 1 N–H and O–H groups in total. The lowest BCUT2D eigenvalue weighted by molar-refractivity contribution is 0.273. The summed E-state index contributed by atoms with van der Waals surface area (Å²) in [5, 5.41) is 13.6. The first-order valence-electron chi connectivity index (χ1n) is 11.2. The Hall–Kier alpha value is -2.79. The Balaban J connectivity index is 1.43. The highest BCUT2D eigenvalue weighted by atomic mass is 32.2. The van der Waals surface area contributed by atoms with Gasteiger partial charge in [-0.3, -0.25) is 4.98 Å². The van der Waals surface area contributed by atoms with E-state index in [0.29, 0.717) is 17.5 Å². The van der Waals surface area contributed by atoms with E-state index in [-0.39, 0.29) is 5.92 Å². The minimum atomic E-state index is 0.107. The molecule has 2 aliphatic heterocycles. The fourth-order valence-corrected chi connectivity index (χ4v) is 6.10. The van der Waals surface area contributed by atoms with Crippen LogP contribution < -0.4 is 4.90 Å². The third-order valence-corrected chi connectivity index (χ3v) is 8.47. The first kappa shape index (κ1) is 21.1. The second kappa shape index (κ2) is 8.62. The predicted molar refractivity (Wildman–Crippen MR) is 133 cm³/mol. The summed E-state index contributed by atoms with van der Waals surface area (Å²) in [7, 11) is 0. The summed E-state index contributed by atoms with van der Waals surface area (Å²) in [4.78, 5) is 6.78. The summed E-state index contributed by atoms with van der Waals surface area (Å²) >= 11 is 2.07. The van der Waals surface area contributed by atoms with E-state index < -0.39 is 0 Å². The minimum absolute atomic E-state index is 0.107. The SMILES string of the molecule is Cc1cc(/C(C[C@H](c2ccc(N3CC4(CSC4)C3)cc2)c2ccccc2C)=N\O)ccn1. The summed E-state index contributed by atoms with van der Waals surface area (Å²) < 4.78 is 0. The molecule has 5 heteroatoms. The van der Waals surface area contributed by atoms with Crippen molar-refractivity contribution in [3.05, 3.63) is 94.8 Å². The molecule has 1 aromatic heterocycles. The van der Waals surface area contributed by atoms with Gasteiger partial charge in [0.1, 0.15) is 0 Å². The maximum Gasteiger partial charge on any atom is 0.0878 e. The van der Waals surface area contributed by atoms with Crippen molar-refractivity contribution in [2.75, 3.05) is 29.5 Å². The highest BCUT2D eigenvalue weighted by Gasteiger charge is 2.48. The zero-order valence-electron chi connectivity index (χ0n) is 18.7. The van der Waals surface area contributed by atoms with Crippen LogP contribution in [0.25, 0.3) is 0 Å². The van der Waals surface area contributed by atoms with Crippen LogP contribution in [0.15, 0.2) is 72.0 Å².